The van der Waals surface area contributed by atoms with Crippen LogP contribution in [-0.4, -0.2) is 20.7 Å². The van der Waals surface area contributed by atoms with Gasteiger partial charge in [-0.1, -0.05) is 18.2 Å². The topological polar surface area (TPSA) is 76.9 Å². The fourth-order valence-electron chi connectivity index (χ4n) is 3.05. The molecule has 4 aromatic rings. The quantitative estimate of drug-likeness (QED) is 0.419. The highest BCUT2D eigenvalue weighted by Gasteiger charge is 2.30. The third kappa shape index (κ3) is 4.82. The number of hydrogen-bond donors (Lipinski definition) is 1. The monoisotopic (exact) mass is 474 g/mol. The van der Waals surface area contributed by atoms with E-state index in [9.17, 15) is 27.2 Å². The molecule has 33 heavy (non-hydrogen) atoms. The molecule has 0 unspecified atom stereocenters. The van der Waals surface area contributed by atoms with Crippen LogP contribution in [-0.2, 0) is 6.18 Å². The third-order valence-corrected chi connectivity index (χ3v) is 5.34. The molecule has 0 aliphatic heterocycles. The molecule has 0 aliphatic carbocycles. The van der Waals surface area contributed by atoms with Crippen molar-refractivity contribution in [2.24, 2.45) is 0 Å². The van der Waals surface area contributed by atoms with Crippen molar-refractivity contribution in [3.63, 3.8) is 0 Å². The highest BCUT2D eigenvalue weighted by molar-refractivity contribution is 7.14. The molecule has 0 saturated carbocycles. The van der Waals surface area contributed by atoms with Crippen LogP contribution in [0.15, 0.2) is 64.8 Å². The van der Waals surface area contributed by atoms with Crippen LogP contribution in [0.25, 0.3) is 16.9 Å². The Balaban J connectivity index is 1.64. The maximum Gasteiger partial charge on any atom is 0.416 e. The lowest BCUT2D eigenvalue weighted by Crippen LogP contribution is -2.27. The van der Waals surface area contributed by atoms with Gasteiger partial charge in [0.1, 0.15) is 5.82 Å². The SMILES string of the molecule is Cc1cc(=O)c(C(=O)Nc2nc(-c3cccc(F)c3)cs2)nn1-c1cccc(C(F)(F)F)c1. The number of amides is 1. The first kappa shape index (κ1) is 22.3. The molecule has 11 heteroatoms. The molecular formula is C22H14F4N4O2S. The smallest absolute Gasteiger partial charge is 0.296 e. The van der Waals surface area contributed by atoms with Gasteiger partial charge in [0.2, 0.25) is 5.43 Å². The van der Waals surface area contributed by atoms with Crippen LogP contribution in [0.1, 0.15) is 21.7 Å². The number of nitrogens with zero attached hydrogens (tertiary/aromatic N) is 3. The van der Waals surface area contributed by atoms with Gasteiger partial charge in [0.25, 0.3) is 5.91 Å². The highest BCUT2D eigenvalue weighted by Crippen LogP contribution is 2.30. The van der Waals surface area contributed by atoms with Crippen LogP contribution in [0.5, 0.6) is 0 Å². The first-order valence-corrected chi connectivity index (χ1v) is 10.3. The second-order valence-corrected chi connectivity index (χ2v) is 7.82. The van der Waals surface area contributed by atoms with Gasteiger partial charge in [-0.2, -0.15) is 18.3 Å². The summed E-state index contributed by atoms with van der Waals surface area (Å²) in [6.07, 6.45) is -4.56. The van der Waals surface area contributed by atoms with E-state index >= 15 is 0 Å². The number of benzene rings is 2. The van der Waals surface area contributed by atoms with Crippen molar-refractivity contribution in [1.29, 1.82) is 0 Å². The molecule has 0 radical (unpaired) electrons. The Morgan fingerprint density at radius 2 is 1.85 bits per heavy atom. The Bertz CT molecular complexity index is 1410. The summed E-state index contributed by atoms with van der Waals surface area (Å²) < 4.78 is 53.7. The van der Waals surface area contributed by atoms with Crippen LogP contribution >= 0.6 is 11.3 Å². The maximum atomic E-state index is 13.4. The average Bonchev–Trinajstić information content (AvgIpc) is 3.22. The number of aryl methyl sites for hydroxylation is 1. The molecule has 1 amide bonds. The molecule has 4 rings (SSSR count). The Hall–Kier alpha value is -3.86. The molecule has 2 aromatic carbocycles. The number of aromatic nitrogens is 3. The molecule has 1 N–H and O–H groups in total. The standard InChI is InChI=1S/C22H14F4N4O2S/c1-12-8-18(31)19(29-30(12)16-7-3-5-14(10-16)22(24,25)26)20(32)28-21-27-17(11-33-21)13-4-2-6-15(23)9-13/h2-11H,1H3,(H,27,28,32). The molecule has 0 spiro atoms. The molecule has 168 valence electrons. The number of rotatable bonds is 4. The van der Waals surface area contributed by atoms with Gasteiger partial charge >= 0.3 is 6.18 Å². The number of nitrogens with one attached hydrogen (secondary N) is 1. The van der Waals surface area contributed by atoms with E-state index in [1.165, 1.54) is 37.3 Å². The number of carbonyl (C=O) groups is 1. The van der Waals surface area contributed by atoms with E-state index in [0.717, 1.165) is 34.2 Å². The molecule has 0 saturated heterocycles. The second kappa shape index (κ2) is 8.58. The summed E-state index contributed by atoms with van der Waals surface area (Å²) in [6.45, 7) is 1.49. The highest BCUT2D eigenvalue weighted by atomic mass is 32.1. The minimum absolute atomic E-state index is 0.0408. The normalized spacial score (nSPS) is 11.4. The van der Waals surface area contributed by atoms with Crippen molar-refractivity contribution in [3.8, 4) is 16.9 Å². The average molecular weight is 474 g/mol. The summed E-state index contributed by atoms with van der Waals surface area (Å²) in [5.41, 5.74) is -0.882. The Kier molecular flexibility index (Phi) is 5.81. The van der Waals surface area contributed by atoms with Gasteiger partial charge < -0.3 is 0 Å². The van der Waals surface area contributed by atoms with Crippen LogP contribution in [0.2, 0.25) is 0 Å². The van der Waals surface area contributed by atoms with Gasteiger partial charge in [-0.3, -0.25) is 14.9 Å². The number of halogens is 4. The molecule has 0 aliphatic rings. The summed E-state index contributed by atoms with van der Waals surface area (Å²) in [5, 5.41) is 8.20. The van der Waals surface area contributed by atoms with Crippen molar-refractivity contribution < 1.29 is 22.4 Å². The Morgan fingerprint density at radius 3 is 2.58 bits per heavy atom. The second-order valence-electron chi connectivity index (χ2n) is 6.96. The molecule has 2 heterocycles. The van der Waals surface area contributed by atoms with E-state index in [1.54, 1.807) is 11.4 Å². The first-order chi connectivity index (χ1) is 15.6. The predicted octanol–water partition coefficient (Wildman–Crippen LogP) is 5.07. The Morgan fingerprint density at radius 1 is 1.09 bits per heavy atom. The van der Waals surface area contributed by atoms with E-state index in [4.69, 9.17) is 0 Å². The van der Waals surface area contributed by atoms with Crippen molar-refractivity contribution >= 4 is 22.4 Å². The van der Waals surface area contributed by atoms with Crippen molar-refractivity contribution in [2.45, 2.75) is 13.1 Å². The van der Waals surface area contributed by atoms with Gasteiger partial charge in [-0.25, -0.2) is 14.1 Å². The van der Waals surface area contributed by atoms with Crippen LogP contribution < -0.4 is 10.7 Å². The third-order valence-electron chi connectivity index (χ3n) is 4.59. The van der Waals surface area contributed by atoms with Crippen LogP contribution in [0, 0.1) is 12.7 Å². The lowest BCUT2D eigenvalue weighted by atomic mass is 10.2. The number of alkyl halides is 3. The van der Waals surface area contributed by atoms with Crippen LogP contribution in [0.3, 0.4) is 0 Å². The molecule has 0 fully saturated rings. The molecule has 2 aromatic heterocycles. The largest absolute Gasteiger partial charge is 0.416 e. The first-order valence-electron chi connectivity index (χ1n) is 9.43. The zero-order valence-corrected chi connectivity index (χ0v) is 17.7. The van der Waals surface area contributed by atoms with E-state index in [-0.39, 0.29) is 16.5 Å². The zero-order chi connectivity index (χ0) is 23.8. The number of hydrogen-bond acceptors (Lipinski definition) is 5. The summed E-state index contributed by atoms with van der Waals surface area (Å²) in [4.78, 5) is 29.3. The molecular weight excluding hydrogens is 460 g/mol. The number of thiazole rings is 1. The zero-order valence-electron chi connectivity index (χ0n) is 16.9. The molecule has 0 bridgehead atoms. The molecule has 6 nitrogen and oxygen atoms in total. The number of anilines is 1. The summed E-state index contributed by atoms with van der Waals surface area (Å²) in [6, 6.07) is 11.2. The van der Waals surface area contributed by atoms with E-state index in [0.29, 0.717) is 11.3 Å². The van der Waals surface area contributed by atoms with E-state index in [1.807, 2.05) is 0 Å². The maximum absolute atomic E-state index is 13.4. The minimum atomic E-state index is -4.56. The van der Waals surface area contributed by atoms with Gasteiger partial charge in [-0.05, 0) is 37.3 Å². The predicted molar refractivity (Wildman–Crippen MR) is 115 cm³/mol. The van der Waals surface area contributed by atoms with Crippen molar-refractivity contribution in [1.82, 2.24) is 14.8 Å². The lowest BCUT2D eigenvalue weighted by Gasteiger charge is -2.13. The van der Waals surface area contributed by atoms with Crippen molar-refractivity contribution in [2.75, 3.05) is 5.32 Å². The minimum Gasteiger partial charge on any atom is -0.296 e. The van der Waals surface area contributed by atoms with E-state index < -0.39 is 34.6 Å². The number of carbonyl (C=O) groups excluding carboxylic acids is 1. The van der Waals surface area contributed by atoms with Gasteiger partial charge in [-0.15, -0.1) is 11.3 Å². The van der Waals surface area contributed by atoms with Crippen molar-refractivity contribution in [3.05, 3.63) is 93.0 Å². The lowest BCUT2D eigenvalue weighted by molar-refractivity contribution is -0.137. The van der Waals surface area contributed by atoms with E-state index in [2.05, 4.69) is 15.4 Å². The van der Waals surface area contributed by atoms with Gasteiger partial charge in [0, 0.05) is 22.7 Å². The molecule has 0 atom stereocenters. The summed E-state index contributed by atoms with van der Waals surface area (Å²) >= 11 is 1.06. The fourth-order valence-corrected chi connectivity index (χ4v) is 3.76. The fraction of sp³-hybridized carbons (Fsp3) is 0.0909. The summed E-state index contributed by atoms with van der Waals surface area (Å²) in [5.74, 6) is -1.31. The Labute approximate surface area is 188 Å². The van der Waals surface area contributed by atoms with Crippen LogP contribution in [0.4, 0.5) is 22.7 Å². The summed E-state index contributed by atoms with van der Waals surface area (Å²) in [7, 11) is 0. The van der Waals surface area contributed by atoms with Gasteiger partial charge in [0.15, 0.2) is 10.8 Å². The van der Waals surface area contributed by atoms with Gasteiger partial charge in [0.05, 0.1) is 16.9 Å².